The monoisotopic (exact) mass is 432 g/mol. The van der Waals surface area contributed by atoms with Crippen LogP contribution in [0.4, 0.5) is 0 Å². The highest BCUT2D eigenvalue weighted by atomic mass is 16.4. The molecule has 0 aromatic rings. The number of carbonyl (C=O) groups is 2. The standard InChI is InChI=1S/C14H30.2C4H6O2.C2H6O2/c1-3-5-7-9-11-13-14-12-10-8-6-4-2;2*1-3(2)4(5)6;3-1-2-4/h3-14H2,1-2H3;2*1H2,2H3,(H,5,6);3-4H,1-2H2. The second-order valence-corrected chi connectivity index (χ2v) is 7.15. The van der Waals surface area contributed by atoms with Crippen molar-refractivity contribution in [1.82, 2.24) is 0 Å². The Hall–Kier alpha value is -1.66. The molecule has 0 atom stereocenters. The van der Waals surface area contributed by atoms with Crippen molar-refractivity contribution in [2.45, 2.75) is 105 Å². The highest BCUT2D eigenvalue weighted by Gasteiger charge is 1.92. The summed E-state index contributed by atoms with van der Waals surface area (Å²) in [6.07, 6.45) is 17.4. The molecule has 4 N–H and O–H groups in total. The number of carboxylic acids is 2. The Balaban J connectivity index is -0.000000175. The van der Waals surface area contributed by atoms with Gasteiger partial charge in [0.2, 0.25) is 0 Å². The molecule has 0 aromatic heterocycles. The fourth-order valence-electron chi connectivity index (χ4n) is 1.91. The zero-order valence-corrected chi connectivity index (χ0v) is 19.9. The van der Waals surface area contributed by atoms with Gasteiger partial charge in [-0.1, -0.05) is 104 Å². The van der Waals surface area contributed by atoms with Gasteiger partial charge >= 0.3 is 11.9 Å². The van der Waals surface area contributed by atoms with Crippen molar-refractivity contribution in [3.63, 3.8) is 0 Å². The molecule has 0 aromatic carbocycles. The fraction of sp³-hybridized carbons (Fsp3) is 0.750. The molecule has 0 aliphatic heterocycles. The summed E-state index contributed by atoms with van der Waals surface area (Å²) < 4.78 is 0. The van der Waals surface area contributed by atoms with Crippen molar-refractivity contribution in [1.29, 1.82) is 0 Å². The van der Waals surface area contributed by atoms with E-state index in [1.54, 1.807) is 0 Å². The predicted octanol–water partition coefficient (Wildman–Crippen LogP) is 5.97. The van der Waals surface area contributed by atoms with Crippen LogP contribution >= 0.6 is 0 Å². The van der Waals surface area contributed by atoms with Crippen LogP contribution < -0.4 is 0 Å². The molecule has 0 fully saturated rings. The number of aliphatic carboxylic acids is 2. The fourth-order valence-corrected chi connectivity index (χ4v) is 1.91. The lowest BCUT2D eigenvalue weighted by molar-refractivity contribution is -0.133. The van der Waals surface area contributed by atoms with Crippen LogP contribution in [0.3, 0.4) is 0 Å². The van der Waals surface area contributed by atoms with Gasteiger partial charge < -0.3 is 20.4 Å². The van der Waals surface area contributed by atoms with Crippen molar-refractivity contribution < 1.29 is 30.0 Å². The van der Waals surface area contributed by atoms with Crippen molar-refractivity contribution in [3.8, 4) is 0 Å². The van der Waals surface area contributed by atoms with Crippen molar-refractivity contribution in [2.24, 2.45) is 0 Å². The lowest BCUT2D eigenvalue weighted by Gasteiger charge is -2.01. The van der Waals surface area contributed by atoms with Gasteiger partial charge in [0.15, 0.2) is 0 Å². The zero-order valence-electron chi connectivity index (χ0n) is 19.9. The van der Waals surface area contributed by atoms with E-state index in [1.165, 1.54) is 90.9 Å². The molecule has 0 radical (unpaired) electrons. The van der Waals surface area contributed by atoms with Crippen molar-refractivity contribution in [3.05, 3.63) is 24.3 Å². The van der Waals surface area contributed by atoms with Crippen LogP contribution in [0.5, 0.6) is 0 Å². The molecule has 0 unspecified atom stereocenters. The van der Waals surface area contributed by atoms with Gasteiger partial charge in [-0.15, -0.1) is 0 Å². The molecule has 0 rings (SSSR count). The van der Waals surface area contributed by atoms with Crippen molar-refractivity contribution >= 4 is 11.9 Å². The first-order valence-electron chi connectivity index (χ1n) is 11.1. The van der Waals surface area contributed by atoms with Crippen LogP contribution in [0.15, 0.2) is 24.3 Å². The summed E-state index contributed by atoms with van der Waals surface area (Å²) in [6.45, 7) is 13.5. The molecule has 0 aliphatic carbocycles. The molecule has 0 bridgehead atoms. The first-order chi connectivity index (χ1) is 14.1. The summed E-state index contributed by atoms with van der Waals surface area (Å²) in [6, 6.07) is 0. The minimum Gasteiger partial charge on any atom is -0.478 e. The Morgan fingerprint density at radius 1 is 0.567 bits per heavy atom. The first kappa shape index (κ1) is 35.8. The van der Waals surface area contributed by atoms with Gasteiger partial charge in [-0.2, -0.15) is 0 Å². The van der Waals surface area contributed by atoms with Crippen LogP contribution in [0, 0.1) is 0 Å². The Morgan fingerprint density at radius 2 is 0.733 bits per heavy atom. The molecular formula is C24H48O6. The van der Waals surface area contributed by atoms with Crippen LogP contribution in [0.25, 0.3) is 0 Å². The van der Waals surface area contributed by atoms with Crippen molar-refractivity contribution in [2.75, 3.05) is 13.2 Å². The Kier molecular flexibility index (Phi) is 38.2. The van der Waals surface area contributed by atoms with E-state index in [9.17, 15) is 9.59 Å². The lowest BCUT2D eigenvalue weighted by atomic mass is 10.1. The molecule has 180 valence electrons. The minimum absolute atomic E-state index is 0.125. The maximum absolute atomic E-state index is 9.60. The Morgan fingerprint density at radius 3 is 0.833 bits per heavy atom. The number of unbranched alkanes of at least 4 members (excludes halogenated alkanes) is 11. The molecule has 0 heterocycles. The second-order valence-electron chi connectivity index (χ2n) is 7.15. The van der Waals surface area contributed by atoms with Crippen LogP contribution in [0.1, 0.15) is 105 Å². The number of hydrogen-bond acceptors (Lipinski definition) is 4. The van der Waals surface area contributed by atoms with E-state index in [4.69, 9.17) is 20.4 Å². The molecule has 0 amide bonds. The van der Waals surface area contributed by atoms with E-state index < -0.39 is 11.9 Å². The average molecular weight is 433 g/mol. The van der Waals surface area contributed by atoms with Gasteiger partial charge in [0, 0.05) is 11.1 Å². The van der Waals surface area contributed by atoms with E-state index in [-0.39, 0.29) is 24.4 Å². The Bertz CT molecular complexity index is 343. The lowest BCUT2D eigenvalue weighted by Crippen LogP contribution is -1.92. The highest BCUT2D eigenvalue weighted by molar-refractivity contribution is 5.85. The molecule has 6 nitrogen and oxygen atoms in total. The third-order valence-corrected chi connectivity index (χ3v) is 3.79. The third-order valence-electron chi connectivity index (χ3n) is 3.79. The van der Waals surface area contributed by atoms with Gasteiger partial charge in [0.05, 0.1) is 13.2 Å². The SMILES string of the molecule is C=C(C)C(=O)O.C=C(C)C(=O)O.CCCCCCCCCCCCCC.OCCO. The quantitative estimate of drug-likeness (QED) is 0.198. The first-order valence-corrected chi connectivity index (χ1v) is 11.1. The minimum atomic E-state index is -0.935. The van der Waals surface area contributed by atoms with Gasteiger partial charge in [-0.25, -0.2) is 9.59 Å². The van der Waals surface area contributed by atoms with Crippen LogP contribution in [0.2, 0.25) is 0 Å². The maximum atomic E-state index is 9.60. The second kappa shape index (κ2) is 32.0. The number of aliphatic hydroxyl groups is 2. The van der Waals surface area contributed by atoms with Gasteiger partial charge in [0.25, 0.3) is 0 Å². The molecule has 0 saturated heterocycles. The van der Waals surface area contributed by atoms with Gasteiger partial charge in [-0.3, -0.25) is 0 Å². The molecule has 0 spiro atoms. The van der Waals surface area contributed by atoms with Crippen LogP contribution in [-0.4, -0.2) is 45.6 Å². The number of hydrogen-bond donors (Lipinski definition) is 4. The van der Waals surface area contributed by atoms with E-state index >= 15 is 0 Å². The predicted molar refractivity (Wildman–Crippen MR) is 126 cm³/mol. The highest BCUT2D eigenvalue weighted by Crippen LogP contribution is 2.11. The zero-order chi connectivity index (χ0) is 24.2. The molecular weight excluding hydrogens is 384 g/mol. The van der Waals surface area contributed by atoms with Gasteiger partial charge in [0.1, 0.15) is 0 Å². The third kappa shape index (κ3) is 50.3. The van der Waals surface area contributed by atoms with E-state index in [1.807, 2.05) is 0 Å². The van der Waals surface area contributed by atoms with Crippen LogP contribution in [-0.2, 0) is 9.59 Å². The summed E-state index contributed by atoms with van der Waals surface area (Å²) in [5.74, 6) is -1.87. The number of rotatable bonds is 14. The maximum Gasteiger partial charge on any atom is 0.330 e. The summed E-state index contributed by atoms with van der Waals surface area (Å²) in [5.41, 5.74) is 0.352. The normalized spacial score (nSPS) is 9.00. The number of carboxylic acid groups (broad SMARTS) is 2. The molecule has 30 heavy (non-hydrogen) atoms. The molecule has 0 saturated carbocycles. The summed E-state index contributed by atoms with van der Waals surface area (Å²) >= 11 is 0. The van der Waals surface area contributed by atoms with Gasteiger partial charge in [-0.05, 0) is 13.8 Å². The number of aliphatic hydroxyl groups excluding tert-OH is 2. The smallest absolute Gasteiger partial charge is 0.330 e. The van der Waals surface area contributed by atoms with E-state index in [0.29, 0.717) is 0 Å². The summed E-state index contributed by atoms with van der Waals surface area (Å²) in [4.78, 5) is 19.2. The molecule has 6 heteroatoms. The topological polar surface area (TPSA) is 115 Å². The molecule has 0 aliphatic rings. The summed E-state index contributed by atoms with van der Waals surface area (Å²) in [7, 11) is 0. The van der Waals surface area contributed by atoms with E-state index in [2.05, 4.69) is 27.0 Å². The average Bonchev–Trinajstić information content (AvgIpc) is 2.70. The largest absolute Gasteiger partial charge is 0.478 e. The Labute approximate surface area is 184 Å². The van der Waals surface area contributed by atoms with E-state index in [0.717, 1.165) is 0 Å². The summed E-state index contributed by atoms with van der Waals surface area (Å²) in [5, 5.41) is 31.0.